The fourth-order valence-electron chi connectivity index (χ4n) is 2.11. The molecule has 108 valence electrons. The number of nitro groups is 1. The zero-order valence-corrected chi connectivity index (χ0v) is 11.9. The number of nitrogens with one attached hydrogen (secondary N) is 1. The van der Waals surface area contributed by atoms with Crippen molar-refractivity contribution in [1.82, 2.24) is 0 Å². The molecule has 1 rings (SSSR count). The molecule has 0 aliphatic rings. The van der Waals surface area contributed by atoms with Gasteiger partial charge in [-0.25, -0.2) is 0 Å². The van der Waals surface area contributed by atoms with Crippen molar-refractivity contribution in [2.24, 2.45) is 5.41 Å². The van der Waals surface area contributed by atoms with Crippen LogP contribution in [-0.2, 0) is 0 Å². The number of aliphatic hydroxyl groups is 1. The van der Waals surface area contributed by atoms with E-state index in [1.807, 2.05) is 19.9 Å². The van der Waals surface area contributed by atoms with Crippen LogP contribution in [0.4, 0.5) is 11.4 Å². The summed E-state index contributed by atoms with van der Waals surface area (Å²) in [5.41, 5.74) is 0.378. The summed E-state index contributed by atoms with van der Waals surface area (Å²) in [6.45, 7) is 6.37. The van der Waals surface area contributed by atoms with Crippen molar-refractivity contribution in [3.63, 3.8) is 0 Å². The van der Waals surface area contributed by atoms with Gasteiger partial charge >= 0.3 is 0 Å². The van der Waals surface area contributed by atoms with Crippen LogP contribution < -0.4 is 5.32 Å². The Bertz CT molecular complexity index is 533. The first-order valence-corrected chi connectivity index (χ1v) is 6.35. The molecule has 6 heteroatoms. The second-order valence-corrected chi connectivity index (χ2v) is 5.67. The van der Waals surface area contributed by atoms with Crippen molar-refractivity contribution in [1.29, 1.82) is 5.26 Å². The van der Waals surface area contributed by atoms with Gasteiger partial charge in [-0.15, -0.1) is 0 Å². The highest BCUT2D eigenvalue weighted by Gasteiger charge is 2.20. The van der Waals surface area contributed by atoms with Crippen LogP contribution in [0.2, 0.25) is 0 Å². The van der Waals surface area contributed by atoms with Gasteiger partial charge in [0.2, 0.25) is 0 Å². The van der Waals surface area contributed by atoms with Crippen LogP contribution in [-0.4, -0.2) is 22.7 Å². The van der Waals surface area contributed by atoms with Crippen LogP contribution in [0.1, 0.15) is 32.8 Å². The van der Waals surface area contributed by atoms with Crippen molar-refractivity contribution in [2.45, 2.75) is 33.3 Å². The molecule has 0 radical (unpaired) electrons. The van der Waals surface area contributed by atoms with E-state index in [-0.39, 0.29) is 16.7 Å². The molecule has 0 heterocycles. The van der Waals surface area contributed by atoms with Crippen LogP contribution in [0.3, 0.4) is 0 Å². The fraction of sp³-hybridized carbons (Fsp3) is 0.500. The minimum absolute atomic E-state index is 0.0355. The van der Waals surface area contributed by atoms with Crippen molar-refractivity contribution in [3.8, 4) is 6.07 Å². The minimum atomic E-state index is -0.570. The monoisotopic (exact) mass is 277 g/mol. The number of hydrogen-bond acceptors (Lipinski definition) is 5. The van der Waals surface area contributed by atoms with Gasteiger partial charge in [0.05, 0.1) is 11.0 Å². The molecule has 0 saturated heterocycles. The molecule has 1 atom stereocenters. The number of nitriles is 1. The number of aliphatic hydroxyl groups excluding tert-OH is 1. The molecular weight excluding hydrogens is 258 g/mol. The fourth-order valence-corrected chi connectivity index (χ4v) is 2.11. The van der Waals surface area contributed by atoms with E-state index in [1.54, 1.807) is 13.0 Å². The van der Waals surface area contributed by atoms with Gasteiger partial charge in [0.15, 0.2) is 0 Å². The second kappa shape index (κ2) is 6.35. The molecule has 2 N–H and O–H groups in total. The Kier molecular flexibility index (Phi) is 5.06. The normalized spacial score (nSPS) is 12.6. The Morgan fingerprint density at radius 1 is 1.55 bits per heavy atom. The highest BCUT2D eigenvalue weighted by Crippen LogP contribution is 2.25. The smallest absolute Gasteiger partial charge is 0.287 e. The summed E-state index contributed by atoms with van der Waals surface area (Å²) in [5.74, 6) is 0. The van der Waals surface area contributed by atoms with Gasteiger partial charge in [-0.3, -0.25) is 10.1 Å². The summed E-state index contributed by atoms with van der Waals surface area (Å²) in [5, 5.41) is 32.2. The maximum absolute atomic E-state index is 10.7. The molecular formula is C14H19N3O3. The summed E-state index contributed by atoms with van der Waals surface area (Å²) in [6.07, 6.45) is 0.247. The van der Waals surface area contributed by atoms with Crippen molar-refractivity contribution in [3.05, 3.63) is 33.9 Å². The Morgan fingerprint density at radius 2 is 2.20 bits per heavy atom. The molecule has 1 aromatic rings. The van der Waals surface area contributed by atoms with Gasteiger partial charge in [0.1, 0.15) is 11.6 Å². The molecule has 0 spiro atoms. The van der Waals surface area contributed by atoms with E-state index < -0.39 is 11.0 Å². The first-order chi connectivity index (χ1) is 9.25. The van der Waals surface area contributed by atoms with E-state index >= 15 is 0 Å². The van der Waals surface area contributed by atoms with Gasteiger partial charge in [-0.1, -0.05) is 13.8 Å². The molecule has 0 aliphatic heterocycles. The summed E-state index contributed by atoms with van der Waals surface area (Å²) < 4.78 is 0. The number of anilines is 1. The highest BCUT2D eigenvalue weighted by atomic mass is 16.6. The molecule has 1 aromatic carbocycles. The van der Waals surface area contributed by atoms with Gasteiger partial charge in [-0.05, 0) is 30.9 Å². The lowest BCUT2D eigenvalue weighted by Gasteiger charge is -2.26. The Hall–Kier alpha value is -2.13. The molecule has 0 fully saturated rings. The Balaban J connectivity index is 2.80. The molecule has 0 bridgehead atoms. The maximum atomic E-state index is 10.7. The average molecular weight is 277 g/mol. The summed E-state index contributed by atoms with van der Waals surface area (Å²) in [4.78, 5) is 10.2. The standard InChI is InChI=1S/C14H19N3O3/c1-10(18)7-14(2,3)9-16-12-4-5-13(17(19)20)11(6-12)8-15/h4-6,10,16,18H,7,9H2,1-3H3. The molecule has 0 aliphatic carbocycles. The van der Waals surface area contributed by atoms with E-state index in [2.05, 4.69) is 5.32 Å². The molecule has 20 heavy (non-hydrogen) atoms. The van der Waals surface area contributed by atoms with Crippen molar-refractivity contribution < 1.29 is 10.0 Å². The first-order valence-electron chi connectivity index (χ1n) is 6.35. The largest absolute Gasteiger partial charge is 0.393 e. The summed E-state index contributed by atoms with van der Waals surface area (Å²) in [6, 6.07) is 6.20. The minimum Gasteiger partial charge on any atom is -0.393 e. The SMILES string of the molecule is CC(O)CC(C)(C)CNc1ccc([N+](=O)[O-])c(C#N)c1. The van der Waals surface area contributed by atoms with Crippen molar-refractivity contribution >= 4 is 11.4 Å². The zero-order chi connectivity index (χ0) is 15.3. The zero-order valence-electron chi connectivity index (χ0n) is 11.9. The predicted molar refractivity (Wildman–Crippen MR) is 76.4 cm³/mol. The summed E-state index contributed by atoms with van der Waals surface area (Å²) >= 11 is 0. The Morgan fingerprint density at radius 3 is 2.70 bits per heavy atom. The lowest BCUT2D eigenvalue weighted by Crippen LogP contribution is -2.27. The van der Waals surface area contributed by atoms with E-state index in [9.17, 15) is 15.2 Å². The van der Waals surface area contributed by atoms with Gasteiger partial charge < -0.3 is 10.4 Å². The van der Waals surface area contributed by atoms with Crippen LogP contribution in [0.5, 0.6) is 0 Å². The van der Waals surface area contributed by atoms with Crippen LogP contribution in [0.25, 0.3) is 0 Å². The van der Waals surface area contributed by atoms with Crippen LogP contribution in [0, 0.1) is 26.9 Å². The average Bonchev–Trinajstić information content (AvgIpc) is 2.34. The number of nitrogens with zero attached hydrogens (tertiary/aromatic N) is 2. The quantitative estimate of drug-likeness (QED) is 0.615. The van der Waals surface area contributed by atoms with E-state index in [0.29, 0.717) is 18.7 Å². The third kappa shape index (κ3) is 4.52. The second-order valence-electron chi connectivity index (χ2n) is 5.67. The number of hydrogen-bond donors (Lipinski definition) is 2. The van der Waals surface area contributed by atoms with E-state index in [0.717, 1.165) is 0 Å². The van der Waals surface area contributed by atoms with E-state index in [4.69, 9.17) is 5.26 Å². The summed E-state index contributed by atoms with van der Waals surface area (Å²) in [7, 11) is 0. The van der Waals surface area contributed by atoms with Gasteiger partial charge in [0, 0.05) is 18.3 Å². The lowest BCUT2D eigenvalue weighted by atomic mass is 9.87. The highest BCUT2D eigenvalue weighted by molar-refractivity contribution is 5.58. The molecule has 0 amide bonds. The molecule has 6 nitrogen and oxygen atoms in total. The number of rotatable bonds is 6. The topological polar surface area (TPSA) is 99.2 Å². The van der Waals surface area contributed by atoms with Crippen LogP contribution >= 0.6 is 0 Å². The molecule has 0 aromatic heterocycles. The number of benzene rings is 1. The number of nitro benzene ring substituents is 1. The van der Waals surface area contributed by atoms with Gasteiger partial charge in [0.25, 0.3) is 5.69 Å². The third-order valence-corrected chi connectivity index (χ3v) is 2.93. The predicted octanol–water partition coefficient (Wildman–Crippen LogP) is 2.68. The lowest BCUT2D eigenvalue weighted by molar-refractivity contribution is -0.385. The molecule has 0 saturated carbocycles. The third-order valence-electron chi connectivity index (χ3n) is 2.93. The first kappa shape index (κ1) is 15.9. The van der Waals surface area contributed by atoms with Crippen molar-refractivity contribution in [2.75, 3.05) is 11.9 Å². The van der Waals surface area contributed by atoms with Gasteiger partial charge in [-0.2, -0.15) is 5.26 Å². The van der Waals surface area contributed by atoms with Crippen LogP contribution in [0.15, 0.2) is 18.2 Å². The maximum Gasteiger partial charge on any atom is 0.287 e. The molecule has 1 unspecified atom stereocenters. The Labute approximate surface area is 118 Å². The van der Waals surface area contributed by atoms with E-state index in [1.165, 1.54) is 12.1 Å².